The fourth-order valence-corrected chi connectivity index (χ4v) is 3.81. The number of para-hydroxylation sites is 1. The van der Waals surface area contributed by atoms with E-state index in [0.29, 0.717) is 30.9 Å². The monoisotopic (exact) mass is 351 g/mol. The SMILES string of the molecule is CCCCCNC(=O)C[C@@H](C)CC1=NS(=O)(=O)c2ccccc2N1. The lowest BCUT2D eigenvalue weighted by molar-refractivity contribution is -0.121. The summed E-state index contributed by atoms with van der Waals surface area (Å²) in [6.07, 6.45) is 3.98. The summed E-state index contributed by atoms with van der Waals surface area (Å²) in [7, 11) is -3.66. The number of carbonyl (C=O) groups excluding carboxylic acids is 1. The fourth-order valence-electron chi connectivity index (χ4n) is 2.65. The highest BCUT2D eigenvalue weighted by Crippen LogP contribution is 2.28. The number of nitrogens with one attached hydrogen (secondary N) is 2. The molecule has 132 valence electrons. The second-order valence-electron chi connectivity index (χ2n) is 6.20. The minimum Gasteiger partial charge on any atom is -0.356 e. The summed E-state index contributed by atoms with van der Waals surface area (Å²) >= 11 is 0. The van der Waals surface area contributed by atoms with Crippen LogP contribution in [0.15, 0.2) is 33.6 Å². The van der Waals surface area contributed by atoms with Gasteiger partial charge < -0.3 is 10.6 Å². The quantitative estimate of drug-likeness (QED) is 0.705. The zero-order chi connectivity index (χ0) is 17.6. The molecule has 1 atom stereocenters. The number of hydrogen-bond acceptors (Lipinski definition) is 4. The number of amides is 1. The first-order valence-electron chi connectivity index (χ1n) is 8.39. The Morgan fingerprint density at radius 3 is 2.79 bits per heavy atom. The normalized spacial score (nSPS) is 16.5. The molecule has 0 bridgehead atoms. The smallest absolute Gasteiger partial charge is 0.286 e. The molecule has 0 spiro atoms. The Balaban J connectivity index is 1.90. The van der Waals surface area contributed by atoms with E-state index in [4.69, 9.17) is 0 Å². The predicted molar refractivity (Wildman–Crippen MR) is 95.6 cm³/mol. The molecule has 0 radical (unpaired) electrons. The van der Waals surface area contributed by atoms with E-state index in [0.717, 1.165) is 19.3 Å². The zero-order valence-corrected chi connectivity index (χ0v) is 15.0. The maximum atomic E-state index is 12.2. The van der Waals surface area contributed by atoms with Gasteiger partial charge in [0.05, 0.1) is 5.69 Å². The van der Waals surface area contributed by atoms with E-state index < -0.39 is 10.0 Å². The van der Waals surface area contributed by atoms with E-state index in [-0.39, 0.29) is 16.7 Å². The highest BCUT2D eigenvalue weighted by molar-refractivity contribution is 7.90. The van der Waals surface area contributed by atoms with Crippen LogP contribution in [0.2, 0.25) is 0 Å². The third-order valence-electron chi connectivity index (χ3n) is 3.85. The molecule has 0 saturated carbocycles. The van der Waals surface area contributed by atoms with Crippen molar-refractivity contribution in [3.05, 3.63) is 24.3 Å². The summed E-state index contributed by atoms with van der Waals surface area (Å²) in [5.41, 5.74) is 0.540. The number of benzene rings is 1. The molecule has 2 N–H and O–H groups in total. The zero-order valence-electron chi connectivity index (χ0n) is 14.2. The summed E-state index contributed by atoms with van der Waals surface area (Å²) in [6.45, 7) is 4.73. The van der Waals surface area contributed by atoms with Gasteiger partial charge in [-0.3, -0.25) is 4.79 Å². The summed E-state index contributed by atoms with van der Waals surface area (Å²) in [4.78, 5) is 12.1. The maximum Gasteiger partial charge on any atom is 0.286 e. The highest BCUT2D eigenvalue weighted by Gasteiger charge is 2.25. The standard InChI is InChI=1S/C17H25N3O3S/c1-3-4-7-10-18-17(21)12-13(2)11-16-19-14-8-5-6-9-15(14)24(22,23)20-16/h5-6,8-9,13H,3-4,7,10-12H2,1-2H3,(H,18,21)(H,19,20)/t13-/m0/s1. The molecule has 1 aromatic rings. The first-order chi connectivity index (χ1) is 11.4. The lowest BCUT2D eigenvalue weighted by Crippen LogP contribution is -2.28. The summed E-state index contributed by atoms with van der Waals surface area (Å²) in [5, 5.41) is 5.96. The molecule has 1 aromatic carbocycles. The molecule has 0 saturated heterocycles. The van der Waals surface area contributed by atoms with Crippen LogP contribution in [-0.2, 0) is 14.8 Å². The number of fused-ring (bicyclic) bond motifs is 1. The average Bonchev–Trinajstić information content (AvgIpc) is 2.51. The lowest BCUT2D eigenvalue weighted by Gasteiger charge is -2.20. The van der Waals surface area contributed by atoms with Gasteiger partial charge in [0.25, 0.3) is 10.0 Å². The second kappa shape index (κ2) is 8.28. The van der Waals surface area contributed by atoms with Gasteiger partial charge in [-0.15, -0.1) is 4.40 Å². The van der Waals surface area contributed by atoms with Crippen LogP contribution in [0.1, 0.15) is 46.0 Å². The van der Waals surface area contributed by atoms with Crippen molar-refractivity contribution in [2.75, 3.05) is 11.9 Å². The average molecular weight is 351 g/mol. The molecule has 0 aromatic heterocycles. The Bertz CT molecular complexity index is 714. The molecule has 0 aliphatic carbocycles. The van der Waals surface area contributed by atoms with Gasteiger partial charge in [-0.05, 0) is 24.5 Å². The van der Waals surface area contributed by atoms with Crippen molar-refractivity contribution in [2.45, 2.75) is 50.8 Å². The Kier molecular flexibility index (Phi) is 6.36. The number of unbranched alkanes of at least 4 members (excludes halogenated alkanes) is 2. The number of amidine groups is 1. The molecule has 2 rings (SSSR count). The van der Waals surface area contributed by atoms with Crippen molar-refractivity contribution in [1.29, 1.82) is 0 Å². The van der Waals surface area contributed by atoms with Gasteiger partial charge in [-0.25, -0.2) is 0 Å². The second-order valence-corrected chi connectivity index (χ2v) is 7.78. The summed E-state index contributed by atoms with van der Waals surface area (Å²) in [5.74, 6) is 0.390. The fraction of sp³-hybridized carbons (Fsp3) is 0.529. The molecule has 7 heteroatoms. The van der Waals surface area contributed by atoms with E-state index in [1.807, 2.05) is 6.92 Å². The van der Waals surface area contributed by atoms with Gasteiger partial charge in [0.1, 0.15) is 10.7 Å². The molecule has 24 heavy (non-hydrogen) atoms. The molecule has 1 aliphatic heterocycles. The van der Waals surface area contributed by atoms with Gasteiger partial charge in [0.15, 0.2) is 0 Å². The molecule has 0 fully saturated rings. The number of carbonyl (C=O) groups is 1. The number of nitrogens with zero attached hydrogens (tertiary/aromatic N) is 1. The van der Waals surface area contributed by atoms with Gasteiger partial charge in [-0.2, -0.15) is 8.42 Å². The summed E-state index contributed by atoms with van der Waals surface area (Å²) < 4.78 is 28.2. The van der Waals surface area contributed by atoms with Crippen molar-refractivity contribution in [1.82, 2.24) is 5.32 Å². The third-order valence-corrected chi connectivity index (χ3v) is 5.23. The highest BCUT2D eigenvalue weighted by atomic mass is 32.2. The van der Waals surface area contributed by atoms with E-state index in [9.17, 15) is 13.2 Å². The van der Waals surface area contributed by atoms with Gasteiger partial charge >= 0.3 is 0 Å². The van der Waals surface area contributed by atoms with E-state index in [1.165, 1.54) is 6.07 Å². The van der Waals surface area contributed by atoms with Crippen LogP contribution in [0.3, 0.4) is 0 Å². The van der Waals surface area contributed by atoms with Crippen molar-refractivity contribution >= 4 is 27.5 Å². The van der Waals surface area contributed by atoms with E-state index in [2.05, 4.69) is 22.0 Å². The third kappa shape index (κ3) is 5.06. The minimum absolute atomic E-state index is 0.00160. The molecule has 0 unspecified atom stereocenters. The van der Waals surface area contributed by atoms with Crippen molar-refractivity contribution in [3.63, 3.8) is 0 Å². The first-order valence-corrected chi connectivity index (χ1v) is 9.83. The van der Waals surface area contributed by atoms with Crippen LogP contribution in [0.4, 0.5) is 5.69 Å². The van der Waals surface area contributed by atoms with Crippen LogP contribution in [0, 0.1) is 5.92 Å². The Hall–Kier alpha value is -1.89. The number of anilines is 1. The lowest BCUT2D eigenvalue weighted by atomic mass is 10.0. The Labute approximate surface area is 143 Å². The number of rotatable bonds is 8. The van der Waals surface area contributed by atoms with Crippen LogP contribution in [0.5, 0.6) is 0 Å². The van der Waals surface area contributed by atoms with E-state index >= 15 is 0 Å². The van der Waals surface area contributed by atoms with Crippen molar-refractivity contribution in [2.24, 2.45) is 10.3 Å². The largest absolute Gasteiger partial charge is 0.356 e. The van der Waals surface area contributed by atoms with Crippen LogP contribution in [-0.4, -0.2) is 26.7 Å². The predicted octanol–water partition coefficient (Wildman–Crippen LogP) is 2.92. The van der Waals surface area contributed by atoms with E-state index in [1.54, 1.807) is 18.2 Å². The number of sulfonamides is 1. The molecule has 1 heterocycles. The first kappa shape index (κ1) is 18.4. The number of hydrogen-bond donors (Lipinski definition) is 2. The van der Waals surface area contributed by atoms with Gasteiger partial charge in [0.2, 0.25) is 5.91 Å². The van der Waals surface area contributed by atoms with Gasteiger partial charge in [-0.1, -0.05) is 38.8 Å². The molecular formula is C17H25N3O3S. The Morgan fingerprint density at radius 1 is 1.29 bits per heavy atom. The molecule has 6 nitrogen and oxygen atoms in total. The molecular weight excluding hydrogens is 326 g/mol. The summed E-state index contributed by atoms with van der Waals surface area (Å²) in [6, 6.07) is 6.69. The molecule has 1 amide bonds. The van der Waals surface area contributed by atoms with Crippen LogP contribution in [0.25, 0.3) is 0 Å². The molecule has 1 aliphatic rings. The van der Waals surface area contributed by atoms with Crippen molar-refractivity contribution < 1.29 is 13.2 Å². The van der Waals surface area contributed by atoms with Crippen molar-refractivity contribution in [3.8, 4) is 0 Å². The Morgan fingerprint density at radius 2 is 2.04 bits per heavy atom. The minimum atomic E-state index is -3.66. The van der Waals surface area contributed by atoms with Gasteiger partial charge in [0, 0.05) is 19.4 Å². The topological polar surface area (TPSA) is 87.6 Å². The van der Waals surface area contributed by atoms with Crippen LogP contribution >= 0.6 is 0 Å². The van der Waals surface area contributed by atoms with Crippen LogP contribution < -0.4 is 10.6 Å². The maximum absolute atomic E-state index is 12.2.